The molecule has 0 amide bonds. The molecule has 0 aliphatic carbocycles. The highest BCUT2D eigenvalue weighted by molar-refractivity contribution is 5.81. The molecule has 0 saturated heterocycles. The molecule has 4 aromatic rings. The summed E-state index contributed by atoms with van der Waals surface area (Å²) < 4.78 is 2.24. The number of benzene rings is 3. The van der Waals surface area contributed by atoms with Crippen molar-refractivity contribution in [3.8, 4) is 16.9 Å². The molecule has 0 spiro atoms. The maximum Gasteiger partial charge on any atom is 0.0765 e. The van der Waals surface area contributed by atoms with Crippen LogP contribution in [0.5, 0.6) is 0 Å². The van der Waals surface area contributed by atoms with E-state index in [9.17, 15) is 0 Å². The molecule has 122 valence electrons. The number of nitrogens with zero attached hydrogens (tertiary/aromatic N) is 1. The molecule has 4 rings (SSSR count). The van der Waals surface area contributed by atoms with Gasteiger partial charge in [0.05, 0.1) is 11.4 Å². The first-order valence-electron chi connectivity index (χ1n) is 8.47. The van der Waals surface area contributed by atoms with Crippen molar-refractivity contribution in [3.05, 3.63) is 103 Å². The predicted octanol–water partition coefficient (Wildman–Crippen LogP) is 6.20. The Balaban J connectivity index is 1.86. The van der Waals surface area contributed by atoms with E-state index in [4.69, 9.17) is 0 Å². The first-order chi connectivity index (χ1) is 12.3. The summed E-state index contributed by atoms with van der Waals surface area (Å²) in [6.45, 7) is 2.13. The number of hydrogen-bond acceptors (Lipinski definition) is 1. The minimum atomic E-state index is 1.09. The second kappa shape index (κ2) is 6.70. The average molecular weight is 324 g/mol. The molecule has 0 fully saturated rings. The van der Waals surface area contributed by atoms with Gasteiger partial charge in [0.1, 0.15) is 0 Å². The Labute approximate surface area is 148 Å². The lowest BCUT2D eigenvalue weighted by Crippen LogP contribution is -1.98. The smallest absolute Gasteiger partial charge is 0.0765 e. The minimum Gasteiger partial charge on any atom is -0.354 e. The largest absolute Gasteiger partial charge is 0.354 e. The van der Waals surface area contributed by atoms with Crippen molar-refractivity contribution in [2.45, 2.75) is 6.92 Å². The minimum absolute atomic E-state index is 1.09. The summed E-state index contributed by atoms with van der Waals surface area (Å²) in [6, 6.07) is 31.5. The molecule has 25 heavy (non-hydrogen) atoms. The van der Waals surface area contributed by atoms with Gasteiger partial charge in [0.2, 0.25) is 0 Å². The molecule has 2 nitrogen and oxygen atoms in total. The summed E-state index contributed by atoms with van der Waals surface area (Å²) in [6.07, 6.45) is 2.12. The molecular weight excluding hydrogens is 304 g/mol. The third-order valence-corrected chi connectivity index (χ3v) is 4.26. The van der Waals surface area contributed by atoms with Crippen molar-refractivity contribution >= 4 is 11.4 Å². The monoisotopic (exact) mass is 324 g/mol. The van der Waals surface area contributed by atoms with Crippen LogP contribution in [0.1, 0.15) is 5.56 Å². The highest BCUT2D eigenvalue weighted by atomic mass is 15.0. The zero-order chi connectivity index (χ0) is 17.1. The number of aryl methyl sites for hydroxylation is 1. The second-order valence-electron chi connectivity index (χ2n) is 6.14. The highest BCUT2D eigenvalue weighted by Gasteiger charge is 2.13. The van der Waals surface area contributed by atoms with Gasteiger partial charge in [-0.05, 0) is 43.3 Å². The zero-order valence-corrected chi connectivity index (χ0v) is 14.2. The maximum atomic E-state index is 3.56. The third-order valence-electron chi connectivity index (χ3n) is 4.26. The lowest BCUT2D eigenvalue weighted by Gasteiger charge is -2.14. The number of aromatic nitrogens is 1. The summed E-state index contributed by atoms with van der Waals surface area (Å²) >= 11 is 0. The van der Waals surface area contributed by atoms with E-state index in [1.807, 2.05) is 24.3 Å². The van der Waals surface area contributed by atoms with Crippen molar-refractivity contribution in [1.82, 2.24) is 4.57 Å². The Morgan fingerprint density at radius 2 is 1.44 bits per heavy atom. The quantitative estimate of drug-likeness (QED) is 0.473. The number of nitrogens with one attached hydrogen (secondary N) is 1. The average Bonchev–Trinajstić information content (AvgIpc) is 3.07. The van der Waals surface area contributed by atoms with Crippen LogP contribution < -0.4 is 5.32 Å². The number of hydrogen-bond donors (Lipinski definition) is 1. The van der Waals surface area contributed by atoms with Crippen LogP contribution in [-0.4, -0.2) is 4.57 Å². The molecule has 1 aromatic heterocycles. The van der Waals surface area contributed by atoms with Crippen molar-refractivity contribution < 1.29 is 0 Å². The van der Waals surface area contributed by atoms with E-state index in [1.165, 1.54) is 16.8 Å². The predicted molar refractivity (Wildman–Crippen MR) is 106 cm³/mol. The fourth-order valence-corrected chi connectivity index (χ4v) is 3.10. The Kier molecular flexibility index (Phi) is 4.09. The molecule has 2 heteroatoms. The lowest BCUT2D eigenvalue weighted by atomic mass is 10.1. The molecule has 0 unspecified atom stereocenters. The highest BCUT2D eigenvalue weighted by Crippen LogP contribution is 2.34. The number of anilines is 2. The molecule has 0 radical (unpaired) electrons. The van der Waals surface area contributed by atoms with E-state index in [0.29, 0.717) is 0 Å². The Bertz CT molecular complexity index is 969. The second-order valence-corrected chi connectivity index (χ2v) is 6.14. The molecule has 0 bridgehead atoms. The molecule has 0 aliphatic rings. The van der Waals surface area contributed by atoms with Crippen molar-refractivity contribution in [2.24, 2.45) is 0 Å². The van der Waals surface area contributed by atoms with Gasteiger partial charge < -0.3 is 9.88 Å². The fraction of sp³-hybridized carbons (Fsp3) is 0.0435. The van der Waals surface area contributed by atoms with E-state index in [2.05, 4.69) is 89.7 Å². The summed E-state index contributed by atoms with van der Waals surface area (Å²) in [5, 5.41) is 3.56. The first-order valence-corrected chi connectivity index (χ1v) is 8.47. The van der Waals surface area contributed by atoms with Gasteiger partial charge in [-0.1, -0.05) is 60.2 Å². The molecule has 0 saturated carbocycles. The normalized spacial score (nSPS) is 10.6. The molecule has 1 N–H and O–H groups in total. The summed E-state index contributed by atoms with van der Waals surface area (Å²) in [5.41, 5.74) is 6.96. The Morgan fingerprint density at radius 3 is 2.16 bits per heavy atom. The van der Waals surface area contributed by atoms with Gasteiger partial charge in [-0.3, -0.25) is 0 Å². The topological polar surface area (TPSA) is 17.0 Å². The molecule has 1 heterocycles. The van der Waals surface area contributed by atoms with Crippen LogP contribution in [0.3, 0.4) is 0 Å². The van der Waals surface area contributed by atoms with E-state index in [-0.39, 0.29) is 0 Å². The van der Waals surface area contributed by atoms with Crippen molar-refractivity contribution in [3.63, 3.8) is 0 Å². The van der Waals surface area contributed by atoms with Crippen molar-refractivity contribution in [1.29, 1.82) is 0 Å². The van der Waals surface area contributed by atoms with Crippen LogP contribution in [0.15, 0.2) is 97.2 Å². The van der Waals surface area contributed by atoms with Crippen molar-refractivity contribution in [2.75, 3.05) is 5.32 Å². The van der Waals surface area contributed by atoms with Crippen LogP contribution in [0, 0.1) is 6.92 Å². The van der Waals surface area contributed by atoms with Gasteiger partial charge >= 0.3 is 0 Å². The van der Waals surface area contributed by atoms with Gasteiger partial charge in [-0.25, -0.2) is 0 Å². The van der Waals surface area contributed by atoms with Crippen LogP contribution >= 0.6 is 0 Å². The molecule has 3 aromatic carbocycles. The summed E-state index contributed by atoms with van der Waals surface area (Å²) in [7, 11) is 0. The maximum absolute atomic E-state index is 3.56. The summed E-state index contributed by atoms with van der Waals surface area (Å²) in [5.74, 6) is 0. The van der Waals surface area contributed by atoms with Gasteiger partial charge in [0.25, 0.3) is 0 Å². The third kappa shape index (κ3) is 3.20. The van der Waals surface area contributed by atoms with E-state index in [0.717, 1.165) is 17.1 Å². The number of rotatable bonds is 4. The lowest BCUT2D eigenvalue weighted by molar-refractivity contribution is 1.09. The molecule has 0 aliphatic heterocycles. The van der Waals surface area contributed by atoms with Gasteiger partial charge in [0.15, 0.2) is 0 Å². The first kappa shape index (κ1) is 15.3. The fourth-order valence-electron chi connectivity index (χ4n) is 3.10. The standard InChI is InChI=1S/C23H20N2/c1-18-9-8-10-19(17-18)23-22(24-20-11-4-2-5-12-20)15-16-25(23)21-13-6-3-7-14-21/h2-17,24H,1H3. The molecular formula is C23H20N2. The van der Waals surface area contributed by atoms with E-state index in [1.54, 1.807) is 0 Å². The van der Waals surface area contributed by atoms with Gasteiger partial charge in [-0.2, -0.15) is 0 Å². The number of para-hydroxylation sites is 2. The van der Waals surface area contributed by atoms with Crippen LogP contribution in [0.2, 0.25) is 0 Å². The Hall–Kier alpha value is -3.26. The van der Waals surface area contributed by atoms with Gasteiger partial charge in [0, 0.05) is 23.1 Å². The van der Waals surface area contributed by atoms with Crippen LogP contribution in [0.4, 0.5) is 11.4 Å². The van der Waals surface area contributed by atoms with E-state index < -0.39 is 0 Å². The van der Waals surface area contributed by atoms with Gasteiger partial charge in [-0.15, -0.1) is 0 Å². The van der Waals surface area contributed by atoms with E-state index >= 15 is 0 Å². The van der Waals surface area contributed by atoms with Crippen LogP contribution in [0.25, 0.3) is 16.9 Å². The zero-order valence-electron chi connectivity index (χ0n) is 14.2. The van der Waals surface area contributed by atoms with Crippen LogP contribution in [-0.2, 0) is 0 Å². The SMILES string of the molecule is Cc1cccc(-c2c(Nc3ccccc3)ccn2-c2ccccc2)c1. The Morgan fingerprint density at radius 1 is 0.720 bits per heavy atom. The summed E-state index contributed by atoms with van der Waals surface area (Å²) in [4.78, 5) is 0. The molecule has 0 atom stereocenters.